The molecule has 1 heterocycles. The number of carbonyl (C=O) groups excluding carboxylic acids is 1. The van der Waals surface area contributed by atoms with E-state index < -0.39 is 12.0 Å². The fourth-order valence-electron chi connectivity index (χ4n) is 1.59. The van der Waals surface area contributed by atoms with Crippen LogP contribution < -0.4 is 5.32 Å². The molecule has 0 fully saturated rings. The third-order valence-electron chi connectivity index (χ3n) is 2.56. The molecule has 5 nitrogen and oxygen atoms in total. The van der Waals surface area contributed by atoms with Crippen molar-refractivity contribution in [2.24, 2.45) is 0 Å². The average molecular weight is 297 g/mol. The Balaban J connectivity index is 2.26. The predicted octanol–water partition coefficient (Wildman–Crippen LogP) is 1.84. The number of carboxylic acids is 1. The molecule has 1 amide bonds. The number of carboxylic acid groups (broad SMARTS) is 1. The Morgan fingerprint density at radius 3 is 2.95 bits per heavy atom. The van der Waals surface area contributed by atoms with Crippen molar-refractivity contribution in [1.82, 2.24) is 5.32 Å². The number of ether oxygens (including phenoxy) is 1. The highest BCUT2D eigenvalue weighted by Gasteiger charge is 2.19. The number of amides is 1. The lowest BCUT2D eigenvalue weighted by molar-refractivity contribution is -0.143. The molecule has 20 heavy (non-hydrogen) atoms. The van der Waals surface area contributed by atoms with E-state index in [1.54, 1.807) is 11.3 Å². The Morgan fingerprint density at radius 2 is 2.35 bits per heavy atom. The Hall–Kier alpha value is -1.66. The van der Waals surface area contributed by atoms with Gasteiger partial charge in [-0.1, -0.05) is 12.1 Å². The van der Waals surface area contributed by atoms with Crippen LogP contribution in [-0.4, -0.2) is 36.2 Å². The molecule has 6 heteroatoms. The van der Waals surface area contributed by atoms with Crippen LogP contribution in [0.2, 0.25) is 0 Å². The van der Waals surface area contributed by atoms with Crippen LogP contribution in [0.4, 0.5) is 0 Å². The molecule has 1 unspecified atom stereocenters. The molecule has 1 aromatic rings. The number of nitrogens with one attached hydrogen (secondary N) is 1. The van der Waals surface area contributed by atoms with E-state index >= 15 is 0 Å². The SMILES string of the molecule is C=CCOCC(NC(=O)CCCc1cccs1)C(=O)O. The quantitative estimate of drug-likeness (QED) is 0.510. The first-order chi connectivity index (χ1) is 9.63. The number of hydrogen-bond donors (Lipinski definition) is 2. The molecular formula is C14H19NO4S. The third-order valence-corrected chi connectivity index (χ3v) is 3.50. The lowest BCUT2D eigenvalue weighted by atomic mass is 10.2. The first kappa shape index (κ1) is 16.4. The van der Waals surface area contributed by atoms with Crippen molar-refractivity contribution in [1.29, 1.82) is 0 Å². The zero-order chi connectivity index (χ0) is 14.8. The van der Waals surface area contributed by atoms with Gasteiger partial charge in [-0.05, 0) is 24.3 Å². The number of hydrogen-bond acceptors (Lipinski definition) is 4. The number of rotatable bonds is 10. The van der Waals surface area contributed by atoms with Gasteiger partial charge in [-0.2, -0.15) is 0 Å². The molecule has 0 saturated carbocycles. The molecule has 1 atom stereocenters. The van der Waals surface area contributed by atoms with Crippen molar-refractivity contribution in [2.45, 2.75) is 25.3 Å². The average Bonchev–Trinajstić information content (AvgIpc) is 2.91. The number of thiophene rings is 1. The van der Waals surface area contributed by atoms with Crippen molar-refractivity contribution < 1.29 is 19.4 Å². The molecule has 1 aromatic heterocycles. The van der Waals surface area contributed by atoms with Gasteiger partial charge in [0, 0.05) is 11.3 Å². The number of aryl methyl sites for hydroxylation is 1. The minimum Gasteiger partial charge on any atom is -0.480 e. The molecule has 0 aliphatic heterocycles. The maximum Gasteiger partial charge on any atom is 0.328 e. The normalized spacial score (nSPS) is 11.8. The zero-order valence-electron chi connectivity index (χ0n) is 11.2. The Kier molecular flexibility index (Phi) is 7.60. The Labute approximate surface area is 122 Å². The summed E-state index contributed by atoms with van der Waals surface area (Å²) in [5.41, 5.74) is 0. The summed E-state index contributed by atoms with van der Waals surface area (Å²) >= 11 is 1.65. The Morgan fingerprint density at radius 1 is 1.55 bits per heavy atom. The highest BCUT2D eigenvalue weighted by atomic mass is 32.1. The van der Waals surface area contributed by atoms with Crippen LogP contribution in [0.3, 0.4) is 0 Å². The molecule has 0 spiro atoms. The maximum atomic E-state index is 11.7. The van der Waals surface area contributed by atoms with Crippen LogP contribution in [0, 0.1) is 0 Å². The minimum absolute atomic E-state index is 0.0575. The molecule has 0 saturated heterocycles. The summed E-state index contributed by atoms with van der Waals surface area (Å²) in [6, 6.07) is 2.98. The summed E-state index contributed by atoms with van der Waals surface area (Å²) in [6.07, 6.45) is 3.37. The molecule has 0 aromatic carbocycles. The van der Waals surface area contributed by atoms with Gasteiger partial charge in [-0.3, -0.25) is 4.79 Å². The van der Waals surface area contributed by atoms with Crippen LogP contribution in [-0.2, 0) is 20.7 Å². The van der Waals surface area contributed by atoms with Crippen LogP contribution in [0.15, 0.2) is 30.2 Å². The fourth-order valence-corrected chi connectivity index (χ4v) is 2.34. The molecule has 0 aliphatic carbocycles. The monoisotopic (exact) mass is 297 g/mol. The molecule has 110 valence electrons. The van der Waals surface area contributed by atoms with Gasteiger partial charge in [0.25, 0.3) is 0 Å². The van der Waals surface area contributed by atoms with E-state index in [2.05, 4.69) is 11.9 Å². The zero-order valence-corrected chi connectivity index (χ0v) is 12.0. The summed E-state index contributed by atoms with van der Waals surface area (Å²) in [5.74, 6) is -1.36. The van der Waals surface area contributed by atoms with Gasteiger partial charge in [0.1, 0.15) is 0 Å². The second-order valence-electron chi connectivity index (χ2n) is 4.22. The van der Waals surface area contributed by atoms with Crippen molar-refractivity contribution in [3.8, 4) is 0 Å². The molecule has 0 radical (unpaired) electrons. The van der Waals surface area contributed by atoms with E-state index in [1.807, 2.05) is 17.5 Å². The van der Waals surface area contributed by atoms with Crippen molar-refractivity contribution in [3.05, 3.63) is 35.0 Å². The summed E-state index contributed by atoms with van der Waals surface area (Å²) in [5, 5.41) is 13.4. The highest BCUT2D eigenvalue weighted by molar-refractivity contribution is 7.09. The van der Waals surface area contributed by atoms with Gasteiger partial charge in [-0.25, -0.2) is 4.79 Å². The van der Waals surface area contributed by atoms with Gasteiger partial charge < -0.3 is 15.2 Å². The second kappa shape index (κ2) is 9.28. The van der Waals surface area contributed by atoms with Crippen LogP contribution in [0.1, 0.15) is 17.7 Å². The third kappa shape index (κ3) is 6.49. The number of aliphatic carboxylic acids is 1. The molecule has 1 rings (SSSR count). The minimum atomic E-state index is -1.10. The lowest BCUT2D eigenvalue weighted by Gasteiger charge is -2.14. The predicted molar refractivity (Wildman–Crippen MR) is 77.8 cm³/mol. The summed E-state index contributed by atoms with van der Waals surface area (Å²) in [4.78, 5) is 23.9. The fraction of sp³-hybridized carbons (Fsp3) is 0.429. The van der Waals surface area contributed by atoms with E-state index in [9.17, 15) is 9.59 Å². The standard InChI is InChI=1S/C14H19NO4S/c1-2-8-19-10-12(14(17)18)15-13(16)7-3-5-11-6-4-9-20-11/h2,4,6,9,12H,1,3,5,7-8,10H2,(H,15,16)(H,17,18). The summed E-state index contributed by atoms with van der Waals surface area (Å²) in [7, 11) is 0. The maximum absolute atomic E-state index is 11.7. The second-order valence-corrected chi connectivity index (χ2v) is 5.25. The van der Waals surface area contributed by atoms with Crippen LogP contribution in [0.25, 0.3) is 0 Å². The van der Waals surface area contributed by atoms with E-state index in [4.69, 9.17) is 9.84 Å². The first-order valence-corrected chi connectivity index (χ1v) is 7.24. The Bertz CT molecular complexity index is 430. The summed E-state index contributed by atoms with van der Waals surface area (Å²) < 4.78 is 5.06. The van der Waals surface area contributed by atoms with Crippen molar-refractivity contribution >= 4 is 23.2 Å². The van der Waals surface area contributed by atoms with Crippen molar-refractivity contribution in [3.63, 3.8) is 0 Å². The highest BCUT2D eigenvalue weighted by Crippen LogP contribution is 2.11. The van der Waals surface area contributed by atoms with Gasteiger partial charge >= 0.3 is 5.97 Å². The van der Waals surface area contributed by atoms with Crippen LogP contribution >= 0.6 is 11.3 Å². The van der Waals surface area contributed by atoms with Gasteiger partial charge in [0.2, 0.25) is 5.91 Å². The van der Waals surface area contributed by atoms with Crippen molar-refractivity contribution in [2.75, 3.05) is 13.2 Å². The molecule has 0 bridgehead atoms. The lowest BCUT2D eigenvalue weighted by Crippen LogP contribution is -2.44. The van der Waals surface area contributed by atoms with Gasteiger partial charge in [-0.15, -0.1) is 17.9 Å². The molecule has 0 aliphatic rings. The molecule has 2 N–H and O–H groups in total. The van der Waals surface area contributed by atoms with E-state index in [-0.39, 0.29) is 19.1 Å². The topological polar surface area (TPSA) is 75.6 Å². The van der Waals surface area contributed by atoms with E-state index in [1.165, 1.54) is 11.0 Å². The largest absolute Gasteiger partial charge is 0.480 e. The van der Waals surface area contributed by atoms with Gasteiger partial charge in [0.05, 0.1) is 13.2 Å². The number of carbonyl (C=O) groups is 2. The summed E-state index contributed by atoms with van der Waals surface area (Å²) in [6.45, 7) is 3.67. The smallest absolute Gasteiger partial charge is 0.328 e. The van der Waals surface area contributed by atoms with Crippen LogP contribution in [0.5, 0.6) is 0 Å². The van der Waals surface area contributed by atoms with Gasteiger partial charge in [0.15, 0.2) is 6.04 Å². The van der Waals surface area contributed by atoms with E-state index in [0.717, 1.165) is 6.42 Å². The molecular weight excluding hydrogens is 278 g/mol. The van der Waals surface area contributed by atoms with E-state index in [0.29, 0.717) is 12.8 Å². The first-order valence-electron chi connectivity index (χ1n) is 6.36.